The van der Waals surface area contributed by atoms with Crippen LogP contribution >= 0.6 is 35.0 Å². The molecule has 2 heterocycles. The lowest BCUT2D eigenvalue weighted by Gasteiger charge is -2.30. The molecule has 0 spiro atoms. The molecule has 1 aromatic carbocycles. The summed E-state index contributed by atoms with van der Waals surface area (Å²) in [5, 5.41) is 1.26. The number of amides is 1. The molecule has 0 aliphatic carbocycles. The second-order valence-corrected chi connectivity index (χ2v) is 8.15. The highest BCUT2D eigenvalue weighted by molar-refractivity contribution is 7.98. The van der Waals surface area contributed by atoms with Gasteiger partial charge in [-0.3, -0.25) is 9.78 Å². The highest BCUT2D eigenvalue weighted by atomic mass is 35.5. The monoisotopic (exact) mass is 394 g/mol. The number of carbonyl (C=O) groups is 1. The van der Waals surface area contributed by atoms with Gasteiger partial charge in [-0.15, -0.1) is 11.8 Å². The SMILES string of the molecule is CC1CCN(C(=O)c2ccnc(CSc3c(Cl)cccc3Cl)c2)CC1. The molecule has 1 aliphatic rings. The van der Waals surface area contributed by atoms with Gasteiger partial charge in [-0.1, -0.05) is 36.2 Å². The molecule has 0 N–H and O–H groups in total. The molecule has 25 heavy (non-hydrogen) atoms. The van der Waals surface area contributed by atoms with Crippen molar-refractivity contribution in [2.75, 3.05) is 13.1 Å². The van der Waals surface area contributed by atoms with Crippen LogP contribution < -0.4 is 0 Å². The minimum atomic E-state index is 0.0938. The van der Waals surface area contributed by atoms with Crippen molar-refractivity contribution in [2.45, 2.75) is 30.4 Å². The molecule has 6 heteroatoms. The highest BCUT2D eigenvalue weighted by Gasteiger charge is 2.21. The molecule has 0 bridgehead atoms. The fourth-order valence-corrected chi connectivity index (χ4v) is 4.44. The third-order valence-corrected chi connectivity index (χ3v) is 6.44. The van der Waals surface area contributed by atoms with Gasteiger partial charge < -0.3 is 4.90 Å². The van der Waals surface area contributed by atoms with Gasteiger partial charge in [0.15, 0.2) is 0 Å². The summed E-state index contributed by atoms with van der Waals surface area (Å²) in [7, 11) is 0. The zero-order valence-electron chi connectivity index (χ0n) is 14.0. The van der Waals surface area contributed by atoms with Gasteiger partial charge in [0.25, 0.3) is 5.91 Å². The smallest absolute Gasteiger partial charge is 0.253 e. The standard InChI is InChI=1S/C19H20Cl2N2OS/c1-13-6-9-23(10-7-13)19(24)14-5-8-22-15(11-14)12-25-18-16(20)3-2-4-17(18)21/h2-5,8,11,13H,6-7,9-10,12H2,1H3. The van der Waals surface area contributed by atoms with Crippen molar-refractivity contribution in [1.82, 2.24) is 9.88 Å². The Morgan fingerprint density at radius 3 is 2.60 bits per heavy atom. The lowest BCUT2D eigenvalue weighted by molar-refractivity contribution is 0.0697. The van der Waals surface area contributed by atoms with Crippen molar-refractivity contribution in [3.05, 3.63) is 57.8 Å². The lowest BCUT2D eigenvalue weighted by atomic mass is 9.98. The quantitative estimate of drug-likeness (QED) is 0.636. The normalized spacial score (nSPS) is 15.4. The average molecular weight is 395 g/mol. The summed E-state index contributed by atoms with van der Waals surface area (Å²) >= 11 is 13.9. The minimum Gasteiger partial charge on any atom is -0.339 e. The van der Waals surface area contributed by atoms with Gasteiger partial charge in [-0.25, -0.2) is 0 Å². The molecule has 1 aromatic heterocycles. The Bertz CT molecular complexity index is 741. The molecule has 3 nitrogen and oxygen atoms in total. The topological polar surface area (TPSA) is 33.2 Å². The lowest BCUT2D eigenvalue weighted by Crippen LogP contribution is -2.37. The molecular weight excluding hydrogens is 375 g/mol. The number of rotatable bonds is 4. The maximum atomic E-state index is 12.7. The van der Waals surface area contributed by atoms with Crippen molar-refractivity contribution in [3.63, 3.8) is 0 Å². The van der Waals surface area contributed by atoms with Crippen LogP contribution in [0.2, 0.25) is 10.0 Å². The van der Waals surface area contributed by atoms with Crippen molar-refractivity contribution in [2.24, 2.45) is 5.92 Å². The first-order valence-electron chi connectivity index (χ1n) is 8.35. The predicted octanol–water partition coefficient (Wildman–Crippen LogP) is 5.55. The number of likely N-dealkylation sites (tertiary alicyclic amines) is 1. The Labute approximate surface area is 162 Å². The van der Waals surface area contributed by atoms with Crippen molar-refractivity contribution in [3.8, 4) is 0 Å². The van der Waals surface area contributed by atoms with E-state index in [1.54, 1.807) is 12.3 Å². The molecule has 1 aliphatic heterocycles. The molecule has 132 valence electrons. The Balaban J connectivity index is 1.68. The largest absolute Gasteiger partial charge is 0.339 e. The third kappa shape index (κ3) is 4.69. The van der Waals surface area contributed by atoms with Crippen LogP contribution in [0.4, 0.5) is 0 Å². The van der Waals surface area contributed by atoms with Crippen LogP contribution in [0.15, 0.2) is 41.4 Å². The number of carbonyl (C=O) groups excluding carboxylic acids is 1. The first-order chi connectivity index (χ1) is 12.0. The molecule has 1 amide bonds. The van der Waals surface area contributed by atoms with E-state index in [-0.39, 0.29) is 5.91 Å². The second-order valence-electron chi connectivity index (χ2n) is 6.35. The Morgan fingerprint density at radius 2 is 1.92 bits per heavy atom. The first-order valence-corrected chi connectivity index (χ1v) is 10.1. The van der Waals surface area contributed by atoms with Crippen LogP contribution in [0, 0.1) is 5.92 Å². The van der Waals surface area contributed by atoms with Gasteiger partial charge in [0, 0.05) is 35.5 Å². The summed E-state index contributed by atoms with van der Waals surface area (Å²) in [5.41, 5.74) is 1.54. The molecule has 0 saturated carbocycles. The fourth-order valence-electron chi connectivity index (χ4n) is 2.85. The molecule has 3 rings (SSSR count). The van der Waals surface area contributed by atoms with E-state index >= 15 is 0 Å². The van der Waals surface area contributed by atoms with Crippen LogP contribution in [0.25, 0.3) is 0 Å². The third-order valence-electron chi connectivity index (χ3n) is 4.42. The van der Waals surface area contributed by atoms with E-state index in [0.717, 1.165) is 36.5 Å². The molecule has 2 aromatic rings. The van der Waals surface area contributed by atoms with Crippen LogP contribution in [0.3, 0.4) is 0 Å². The van der Waals surface area contributed by atoms with E-state index in [1.165, 1.54) is 11.8 Å². The summed E-state index contributed by atoms with van der Waals surface area (Å²) in [4.78, 5) is 19.8. The van der Waals surface area contributed by atoms with E-state index < -0.39 is 0 Å². The second kappa shape index (κ2) is 8.43. The summed E-state index contributed by atoms with van der Waals surface area (Å²) in [6, 6.07) is 9.13. The predicted molar refractivity (Wildman–Crippen MR) is 105 cm³/mol. The molecule has 0 radical (unpaired) electrons. The number of nitrogens with zero attached hydrogens (tertiary/aromatic N) is 2. The number of hydrogen-bond donors (Lipinski definition) is 0. The highest BCUT2D eigenvalue weighted by Crippen LogP contribution is 2.35. The van der Waals surface area contributed by atoms with Crippen molar-refractivity contribution >= 4 is 40.9 Å². The Hall–Kier alpha value is -1.23. The summed E-state index contributed by atoms with van der Waals surface area (Å²) in [6.07, 6.45) is 3.85. The first kappa shape index (κ1) is 18.6. The van der Waals surface area contributed by atoms with Gasteiger partial charge >= 0.3 is 0 Å². The fraction of sp³-hybridized carbons (Fsp3) is 0.368. The summed E-state index contributed by atoms with van der Waals surface area (Å²) in [5.74, 6) is 1.41. The zero-order valence-corrected chi connectivity index (χ0v) is 16.4. The number of pyridine rings is 1. The van der Waals surface area contributed by atoms with Crippen LogP contribution in [-0.4, -0.2) is 28.9 Å². The maximum Gasteiger partial charge on any atom is 0.253 e. The number of benzene rings is 1. The average Bonchev–Trinajstić information content (AvgIpc) is 2.62. The van der Waals surface area contributed by atoms with E-state index in [2.05, 4.69) is 11.9 Å². The number of aromatic nitrogens is 1. The van der Waals surface area contributed by atoms with E-state index in [4.69, 9.17) is 23.2 Å². The van der Waals surface area contributed by atoms with Crippen LogP contribution in [0.5, 0.6) is 0 Å². The maximum absolute atomic E-state index is 12.7. The molecule has 0 unspecified atom stereocenters. The van der Waals surface area contributed by atoms with E-state index in [9.17, 15) is 4.79 Å². The van der Waals surface area contributed by atoms with Crippen LogP contribution in [-0.2, 0) is 5.75 Å². The molecule has 1 saturated heterocycles. The van der Waals surface area contributed by atoms with E-state index in [0.29, 0.717) is 27.3 Å². The van der Waals surface area contributed by atoms with Gasteiger partial charge in [-0.05, 0) is 43.0 Å². The number of hydrogen-bond acceptors (Lipinski definition) is 3. The van der Waals surface area contributed by atoms with Gasteiger partial charge in [-0.2, -0.15) is 0 Å². The number of thioether (sulfide) groups is 1. The molecular formula is C19H20Cl2N2OS. The van der Waals surface area contributed by atoms with Gasteiger partial charge in [0.05, 0.1) is 15.7 Å². The Morgan fingerprint density at radius 1 is 1.24 bits per heavy atom. The van der Waals surface area contributed by atoms with Crippen LogP contribution in [0.1, 0.15) is 35.8 Å². The van der Waals surface area contributed by atoms with E-state index in [1.807, 2.05) is 29.2 Å². The van der Waals surface area contributed by atoms with Crippen molar-refractivity contribution in [1.29, 1.82) is 0 Å². The van der Waals surface area contributed by atoms with Crippen molar-refractivity contribution < 1.29 is 4.79 Å². The Kier molecular flexibility index (Phi) is 6.26. The summed E-state index contributed by atoms with van der Waals surface area (Å²) in [6.45, 7) is 3.91. The van der Waals surface area contributed by atoms with Gasteiger partial charge in [0.2, 0.25) is 0 Å². The summed E-state index contributed by atoms with van der Waals surface area (Å²) < 4.78 is 0. The zero-order chi connectivity index (χ0) is 17.8. The molecule has 0 atom stereocenters. The number of piperidine rings is 1. The van der Waals surface area contributed by atoms with Gasteiger partial charge in [0.1, 0.15) is 0 Å². The number of halogens is 2. The molecule has 1 fully saturated rings. The minimum absolute atomic E-state index is 0.0938.